The second kappa shape index (κ2) is 4.77. The predicted molar refractivity (Wildman–Crippen MR) is 65.3 cm³/mol. The standard InChI is InChI=1S/C13H22N2/c1-10-7-5-6-8-11(10)12(15-14)9-13(2,3)4/h5-8,12,15H,9,14H2,1-4H3. The van der Waals surface area contributed by atoms with Crippen LogP contribution in [0.5, 0.6) is 0 Å². The zero-order chi connectivity index (χ0) is 11.5. The molecule has 0 aromatic heterocycles. The summed E-state index contributed by atoms with van der Waals surface area (Å²) in [5.74, 6) is 5.63. The Hall–Kier alpha value is -0.860. The average Bonchev–Trinajstić information content (AvgIpc) is 2.14. The molecule has 0 spiro atoms. The van der Waals surface area contributed by atoms with Gasteiger partial charge in [0.05, 0.1) is 0 Å². The van der Waals surface area contributed by atoms with Crippen molar-refractivity contribution in [1.29, 1.82) is 0 Å². The van der Waals surface area contributed by atoms with Crippen LogP contribution in [0.3, 0.4) is 0 Å². The van der Waals surface area contributed by atoms with Crippen LogP contribution in [0.1, 0.15) is 44.4 Å². The summed E-state index contributed by atoms with van der Waals surface area (Å²) in [6, 6.07) is 8.64. The minimum absolute atomic E-state index is 0.242. The molecule has 0 aliphatic rings. The first kappa shape index (κ1) is 12.2. The van der Waals surface area contributed by atoms with E-state index in [0.717, 1.165) is 6.42 Å². The summed E-state index contributed by atoms with van der Waals surface area (Å²) < 4.78 is 0. The molecular weight excluding hydrogens is 184 g/mol. The second-order valence-electron chi connectivity index (χ2n) is 5.34. The van der Waals surface area contributed by atoms with E-state index < -0.39 is 0 Å². The Morgan fingerprint density at radius 1 is 1.27 bits per heavy atom. The van der Waals surface area contributed by atoms with Crippen molar-refractivity contribution in [3.8, 4) is 0 Å². The van der Waals surface area contributed by atoms with Gasteiger partial charge < -0.3 is 0 Å². The van der Waals surface area contributed by atoms with Gasteiger partial charge in [-0.3, -0.25) is 11.3 Å². The number of aryl methyl sites for hydroxylation is 1. The van der Waals surface area contributed by atoms with Crippen LogP contribution in [0.25, 0.3) is 0 Å². The fourth-order valence-electron chi connectivity index (χ4n) is 1.85. The van der Waals surface area contributed by atoms with Gasteiger partial charge >= 0.3 is 0 Å². The van der Waals surface area contributed by atoms with Crippen molar-refractivity contribution < 1.29 is 0 Å². The lowest BCUT2D eigenvalue weighted by atomic mass is 9.84. The number of benzene rings is 1. The third kappa shape index (κ3) is 3.65. The normalized spacial score (nSPS) is 13.9. The summed E-state index contributed by atoms with van der Waals surface area (Å²) in [5.41, 5.74) is 5.79. The second-order valence-corrected chi connectivity index (χ2v) is 5.34. The molecular formula is C13H22N2. The van der Waals surface area contributed by atoms with Crippen LogP contribution in [-0.4, -0.2) is 0 Å². The quantitative estimate of drug-likeness (QED) is 0.589. The first-order chi connectivity index (χ1) is 6.94. The number of hydrogen-bond acceptors (Lipinski definition) is 2. The summed E-state index contributed by atoms with van der Waals surface area (Å²) in [7, 11) is 0. The Bertz CT molecular complexity index is 313. The topological polar surface area (TPSA) is 38.0 Å². The Morgan fingerprint density at radius 3 is 2.33 bits per heavy atom. The number of hydrazine groups is 1. The minimum Gasteiger partial charge on any atom is -0.271 e. The Balaban J connectivity index is 2.88. The van der Waals surface area contributed by atoms with Crippen molar-refractivity contribution in [2.45, 2.75) is 40.2 Å². The maximum absolute atomic E-state index is 5.63. The molecule has 0 amide bonds. The molecule has 15 heavy (non-hydrogen) atoms. The van der Waals surface area contributed by atoms with Gasteiger partial charge in [0.1, 0.15) is 0 Å². The summed E-state index contributed by atoms with van der Waals surface area (Å²) in [6.07, 6.45) is 1.04. The van der Waals surface area contributed by atoms with Crippen LogP contribution in [0.4, 0.5) is 0 Å². The maximum atomic E-state index is 5.63. The maximum Gasteiger partial charge on any atom is 0.0467 e. The summed E-state index contributed by atoms with van der Waals surface area (Å²) in [5, 5.41) is 0. The van der Waals surface area contributed by atoms with E-state index in [1.807, 2.05) is 0 Å². The Kier molecular flexibility index (Phi) is 3.89. The lowest BCUT2D eigenvalue weighted by Gasteiger charge is -2.26. The summed E-state index contributed by atoms with van der Waals surface area (Å²) in [6.45, 7) is 8.82. The fourth-order valence-corrected chi connectivity index (χ4v) is 1.85. The lowest BCUT2D eigenvalue weighted by Crippen LogP contribution is -2.31. The smallest absolute Gasteiger partial charge is 0.0467 e. The third-order valence-electron chi connectivity index (χ3n) is 2.58. The van der Waals surface area contributed by atoms with Crippen molar-refractivity contribution in [3.05, 3.63) is 35.4 Å². The van der Waals surface area contributed by atoms with Crippen LogP contribution < -0.4 is 11.3 Å². The summed E-state index contributed by atoms with van der Waals surface area (Å²) >= 11 is 0. The highest BCUT2D eigenvalue weighted by Gasteiger charge is 2.19. The van der Waals surface area contributed by atoms with E-state index in [2.05, 4.69) is 57.4 Å². The van der Waals surface area contributed by atoms with Gasteiger partial charge in [0.15, 0.2) is 0 Å². The van der Waals surface area contributed by atoms with Crippen molar-refractivity contribution >= 4 is 0 Å². The van der Waals surface area contributed by atoms with E-state index in [-0.39, 0.29) is 11.5 Å². The van der Waals surface area contributed by atoms with Gasteiger partial charge in [-0.25, -0.2) is 0 Å². The van der Waals surface area contributed by atoms with E-state index in [1.165, 1.54) is 11.1 Å². The zero-order valence-corrected chi connectivity index (χ0v) is 10.2. The van der Waals surface area contributed by atoms with Gasteiger partial charge in [-0.15, -0.1) is 0 Å². The van der Waals surface area contributed by atoms with Crippen molar-refractivity contribution in [1.82, 2.24) is 5.43 Å². The van der Waals surface area contributed by atoms with Gasteiger partial charge in [0, 0.05) is 6.04 Å². The van der Waals surface area contributed by atoms with Crippen LogP contribution in [0.15, 0.2) is 24.3 Å². The highest BCUT2D eigenvalue weighted by Crippen LogP contribution is 2.30. The molecule has 2 nitrogen and oxygen atoms in total. The van der Waals surface area contributed by atoms with E-state index in [9.17, 15) is 0 Å². The molecule has 0 fully saturated rings. The molecule has 0 radical (unpaired) electrons. The Labute approximate surface area is 92.8 Å². The largest absolute Gasteiger partial charge is 0.271 e. The molecule has 84 valence electrons. The van der Waals surface area contributed by atoms with Crippen LogP contribution in [-0.2, 0) is 0 Å². The first-order valence-corrected chi connectivity index (χ1v) is 5.46. The molecule has 2 heteroatoms. The molecule has 0 saturated heterocycles. The molecule has 0 aliphatic carbocycles. The van der Waals surface area contributed by atoms with Gasteiger partial charge in [-0.1, -0.05) is 45.0 Å². The number of hydrogen-bond donors (Lipinski definition) is 2. The van der Waals surface area contributed by atoms with Crippen LogP contribution in [0, 0.1) is 12.3 Å². The third-order valence-corrected chi connectivity index (χ3v) is 2.58. The molecule has 1 aromatic carbocycles. The van der Waals surface area contributed by atoms with Gasteiger partial charge in [-0.2, -0.15) is 0 Å². The number of rotatable bonds is 3. The van der Waals surface area contributed by atoms with Crippen molar-refractivity contribution in [3.63, 3.8) is 0 Å². The Morgan fingerprint density at radius 2 is 1.87 bits per heavy atom. The molecule has 0 bridgehead atoms. The first-order valence-electron chi connectivity index (χ1n) is 5.46. The highest BCUT2D eigenvalue weighted by molar-refractivity contribution is 5.28. The molecule has 3 N–H and O–H groups in total. The highest BCUT2D eigenvalue weighted by atomic mass is 15.2. The van der Waals surface area contributed by atoms with Gasteiger partial charge in [-0.05, 0) is 29.9 Å². The number of nitrogens with two attached hydrogens (primary N) is 1. The van der Waals surface area contributed by atoms with Gasteiger partial charge in [0.2, 0.25) is 0 Å². The molecule has 1 unspecified atom stereocenters. The van der Waals surface area contributed by atoms with Crippen LogP contribution in [0.2, 0.25) is 0 Å². The molecule has 0 aliphatic heterocycles. The zero-order valence-electron chi connectivity index (χ0n) is 10.2. The fraction of sp³-hybridized carbons (Fsp3) is 0.538. The molecule has 0 heterocycles. The SMILES string of the molecule is Cc1ccccc1C(CC(C)(C)C)NN. The monoisotopic (exact) mass is 206 g/mol. The van der Waals surface area contributed by atoms with E-state index in [1.54, 1.807) is 0 Å². The molecule has 1 rings (SSSR count). The molecule has 1 atom stereocenters. The molecule has 1 aromatic rings. The van der Waals surface area contributed by atoms with Crippen molar-refractivity contribution in [2.24, 2.45) is 11.3 Å². The number of nitrogens with one attached hydrogen (secondary N) is 1. The van der Waals surface area contributed by atoms with Crippen LogP contribution >= 0.6 is 0 Å². The predicted octanol–water partition coefficient (Wildman–Crippen LogP) is 2.94. The van der Waals surface area contributed by atoms with E-state index in [4.69, 9.17) is 5.84 Å². The minimum atomic E-state index is 0.242. The van der Waals surface area contributed by atoms with E-state index in [0.29, 0.717) is 0 Å². The lowest BCUT2D eigenvalue weighted by molar-refractivity contribution is 0.313. The average molecular weight is 206 g/mol. The summed E-state index contributed by atoms with van der Waals surface area (Å²) in [4.78, 5) is 0. The van der Waals surface area contributed by atoms with E-state index >= 15 is 0 Å². The molecule has 0 saturated carbocycles. The van der Waals surface area contributed by atoms with Crippen molar-refractivity contribution in [2.75, 3.05) is 0 Å². The van der Waals surface area contributed by atoms with Gasteiger partial charge in [0.25, 0.3) is 0 Å².